The first-order valence-corrected chi connectivity index (χ1v) is 12.0. The molecule has 1 saturated heterocycles. The number of hydrogen-bond donors (Lipinski definition) is 1. The summed E-state index contributed by atoms with van der Waals surface area (Å²) in [5.74, 6) is 0.0419. The third kappa shape index (κ3) is 5.15. The van der Waals surface area contributed by atoms with Gasteiger partial charge in [-0.25, -0.2) is 14.4 Å². The molecule has 2 heterocycles. The number of morpholine rings is 1. The van der Waals surface area contributed by atoms with Gasteiger partial charge in [-0.1, -0.05) is 19.6 Å². The van der Waals surface area contributed by atoms with Crippen LogP contribution in [0.5, 0.6) is 0 Å². The number of ether oxygens (including phenoxy) is 2. The molecule has 4 rings (SSSR count). The predicted molar refractivity (Wildman–Crippen MR) is 141 cm³/mol. The zero-order chi connectivity index (χ0) is 25.7. The average molecular weight is 491 g/mol. The highest BCUT2D eigenvalue weighted by Crippen LogP contribution is 2.36. The van der Waals surface area contributed by atoms with Crippen LogP contribution in [-0.2, 0) is 15.9 Å². The van der Waals surface area contributed by atoms with Crippen molar-refractivity contribution in [2.75, 3.05) is 38.3 Å². The van der Waals surface area contributed by atoms with Crippen LogP contribution in [0.4, 0.5) is 10.1 Å². The topological polar surface area (TPSA) is 80.1 Å². The van der Waals surface area contributed by atoms with E-state index in [1.807, 2.05) is 25.1 Å². The Labute approximate surface area is 210 Å². The summed E-state index contributed by atoms with van der Waals surface area (Å²) in [5.41, 5.74) is 4.05. The van der Waals surface area contributed by atoms with Crippen molar-refractivity contribution in [2.24, 2.45) is 4.99 Å². The molecule has 8 heteroatoms. The van der Waals surface area contributed by atoms with Gasteiger partial charge in [-0.15, -0.1) is 0 Å². The molecule has 188 valence electrons. The van der Waals surface area contributed by atoms with Gasteiger partial charge in [-0.05, 0) is 54.8 Å². The van der Waals surface area contributed by atoms with Crippen LogP contribution >= 0.6 is 0 Å². The van der Waals surface area contributed by atoms with Crippen LogP contribution < -0.4 is 4.90 Å². The minimum Gasteiger partial charge on any atom is -0.499 e. The van der Waals surface area contributed by atoms with Crippen LogP contribution in [0, 0.1) is 5.82 Å². The van der Waals surface area contributed by atoms with Crippen molar-refractivity contribution in [3.05, 3.63) is 77.7 Å². The summed E-state index contributed by atoms with van der Waals surface area (Å²) in [6.45, 7) is 10.3. The van der Waals surface area contributed by atoms with Crippen molar-refractivity contribution in [3.8, 4) is 11.3 Å². The van der Waals surface area contributed by atoms with E-state index in [0.717, 1.165) is 29.7 Å². The van der Waals surface area contributed by atoms with Crippen LogP contribution in [0.25, 0.3) is 22.2 Å². The number of aliphatic imine (C=N–C) groups is 1. The van der Waals surface area contributed by atoms with E-state index < -0.39 is 11.9 Å². The molecular formula is C28H31FN4O3. The zero-order valence-electron chi connectivity index (χ0n) is 20.9. The summed E-state index contributed by atoms with van der Waals surface area (Å²) in [7, 11) is 1.51. The van der Waals surface area contributed by atoms with Crippen LogP contribution in [0.1, 0.15) is 31.1 Å². The molecule has 1 N–H and O–H groups in total. The van der Waals surface area contributed by atoms with Gasteiger partial charge in [-0.2, -0.15) is 0 Å². The number of aliphatic hydroxyl groups excluding tert-OH is 1. The molecule has 3 aromatic rings. The fraction of sp³-hybridized carbons (Fsp3) is 0.321. The third-order valence-electron chi connectivity index (χ3n) is 6.40. The second-order valence-electron chi connectivity index (χ2n) is 8.47. The van der Waals surface area contributed by atoms with Crippen molar-refractivity contribution in [2.45, 2.75) is 26.4 Å². The molecule has 0 spiro atoms. The lowest BCUT2D eigenvalue weighted by Gasteiger charge is -2.29. The average Bonchev–Trinajstić information content (AvgIpc) is 2.92. The molecule has 2 aromatic carbocycles. The van der Waals surface area contributed by atoms with E-state index in [4.69, 9.17) is 9.47 Å². The molecular weight excluding hydrogens is 459 g/mol. The summed E-state index contributed by atoms with van der Waals surface area (Å²) < 4.78 is 26.3. The van der Waals surface area contributed by atoms with Gasteiger partial charge in [0, 0.05) is 35.9 Å². The number of nitrogens with zero attached hydrogens (tertiary/aromatic N) is 4. The maximum atomic E-state index is 15.4. The van der Waals surface area contributed by atoms with Crippen molar-refractivity contribution in [3.63, 3.8) is 0 Å². The standard InChI is InChI=1S/C28H31FN4O3/c1-5-9-30-26(18(3)35-4)28(34)22-16-23(24(29)14-19(22)6-2)27-21-8-7-20(15-25(21)31-17-32-27)33-10-12-36-13-11-33/h5,7-9,14-17,28,34H,1,6,10-13H2,2-4H3/b26-18+,30-9?/t28-/m1/s1. The summed E-state index contributed by atoms with van der Waals surface area (Å²) in [5, 5.41) is 12.0. The van der Waals surface area contributed by atoms with E-state index in [1.165, 1.54) is 31.8 Å². The van der Waals surface area contributed by atoms with Gasteiger partial charge in [0.25, 0.3) is 0 Å². The molecule has 1 atom stereocenters. The number of benzene rings is 2. The Balaban J connectivity index is 1.83. The first-order chi connectivity index (χ1) is 17.5. The van der Waals surface area contributed by atoms with E-state index in [9.17, 15) is 5.11 Å². The van der Waals surface area contributed by atoms with Gasteiger partial charge in [0.05, 0.1) is 31.5 Å². The van der Waals surface area contributed by atoms with Gasteiger partial charge in [-0.3, -0.25) is 4.99 Å². The molecule has 0 amide bonds. The monoisotopic (exact) mass is 490 g/mol. The number of aromatic nitrogens is 2. The van der Waals surface area contributed by atoms with E-state index in [1.54, 1.807) is 13.0 Å². The lowest BCUT2D eigenvalue weighted by molar-refractivity contribution is 0.122. The minimum absolute atomic E-state index is 0.287. The fourth-order valence-electron chi connectivity index (χ4n) is 4.39. The summed E-state index contributed by atoms with van der Waals surface area (Å²) in [6, 6.07) is 9.03. The highest BCUT2D eigenvalue weighted by molar-refractivity contribution is 5.94. The Kier molecular flexibility index (Phi) is 8.07. The maximum Gasteiger partial charge on any atom is 0.132 e. The van der Waals surface area contributed by atoms with Gasteiger partial charge in [0.1, 0.15) is 29.7 Å². The quantitative estimate of drug-likeness (QED) is 0.354. The van der Waals surface area contributed by atoms with Crippen molar-refractivity contribution in [1.82, 2.24) is 9.97 Å². The second-order valence-corrected chi connectivity index (χ2v) is 8.47. The number of hydrogen-bond acceptors (Lipinski definition) is 7. The SMILES string of the molecule is C=CC=N/C(=C(\C)OC)[C@H](O)c1cc(-c2ncnc3cc(N4CCOCC4)ccc23)c(F)cc1CC. The van der Waals surface area contributed by atoms with Crippen LogP contribution in [0.3, 0.4) is 0 Å². The number of fused-ring (bicyclic) bond motifs is 1. The first kappa shape index (κ1) is 25.5. The number of allylic oxidation sites excluding steroid dienone is 2. The molecule has 1 fully saturated rings. The molecule has 0 radical (unpaired) electrons. The van der Waals surface area contributed by atoms with E-state index in [0.29, 0.717) is 47.9 Å². The molecule has 1 aliphatic heterocycles. The maximum absolute atomic E-state index is 15.4. The molecule has 0 saturated carbocycles. The van der Waals surface area contributed by atoms with Gasteiger partial charge in [0.2, 0.25) is 0 Å². The second kappa shape index (κ2) is 11.4. The Bertz CT molecular complexity index is 1320. The molecule has 36 heavy (non-hydrogen) atoms. The van der Waals surface area contributed by atoms with Gasteiger partial charge < -0.3 is 19.5 Å². The van der Waals surface area contributed by atoms with E-state index in [2.05, 4.69) is 26.4 Å². The third-order valence-corrected chi connectivity index (χ3v) is 6.40. The normalized spacial score (nSPS) is 15.8. The molecule has 0 bridgehead atoms. The zero-order valence-corrected chi connectivity index (χ0v) is 20.9. The Morgan fingerprint density at radius 3 is 2.75 bits per heavy atom. The summed E-state index contributed by atoms with van der Waals surface area (Å²) in [4.78, 5) is 15.4. The van der Waals surface area contributed by atoms with Crippen molar-refractivity contribution in [1.29, 1.82) is 0 Å². The molecule has 1 aliphatic rings. The number of aryl methyl sites for hydroxylation is 1. The Morgan fingerprint density at radius 1 is 1.28 bits per heavy atom. The lowest BCUT2D eigenvalue weighted by Crippen LogP contribution is -2.36. The van der Waals surface area contributed by atoms with Crippen molar-refractivity contribution < 1.29 is 19.0 Å². The molecule has 0 unspecified atom stereocenters. The van der Waals surface area contributed by atoms with Crippen LogP contribution in [0.2, 0.25) is 0 Å². The highest BCUT2D eigenvalue weighted by Gasteiger charge is 2.23. The van der Waals surface area contributed by atoms with E-state index >= 15 is 4.39 Å². The van der Waals surface area contributed by atoms with Crippen molar-refractivity contribution >= 4 is 22.8 Å². The molecule has 7 nitrogen and oxygen atoms in total. The predicted octanol–water partition coefficient (Wildman–Crippen LogP) is 5.00. The number of aliphatic hydroxyl groups is 1. The summed E-state index contributed by atoms with van der Waals surface area (Å²) >= 11 is 0. The lowest BCUT2D eigenvalue weighted by atomic mass is 9.93. The van der Waals surface area contributed by atoms with Crippen LogP contribution in [-0.4, -0.2) is 54.7 Å². The fourth-order valence-corrected chi connectivity index (χ4v) is 4.39. The first-order valence-electron chi connectivity index (χ1n) is 12.0. The van der Waals surface area contributed by atoms with Crippen LogP contribution in [0.15, 0.2) is 65.8 Å². The number of methoxy groups -OCH3 is 1. The highest BCUT2D eigenvalue weighted by atomic mass is 19.1. The van der Waals surface area contributed by atoms with E-state index in [-0.39, 0.29) is 5.56 Å². The Morgan fingerprint density at radius 2 is 2.06 bits per heavy atom. The largest absolute Gasteiger partial charge is 0.499 e. The van der Waals surface area contributed by atoms with Gasteiger partial charge in [0.15, 0.2) is 0 Å². The number of halogens is 1. The molecule has 1 aromatic heterocycles. The molecule has 0 aliphatic carbocycles. The number of anilines is 1. The van der Waals surface area contributed by atoms with Gasteiger partial charge >= 0.3 is 0 Å². The smallest absolute Gasteiger partial charge is 0.132 e. The number of rotatable bonds is 8. The Hall–Kier alpha value is -3.62. The summed E-state index contributed by atoms with van der Waals surface area (Å²) in [6.07, 6.45) is 3.85. The minimum atomic E-state index is -1.13.